The molecule has 0 saturated carbocycles. The second kappa shape index (κ2) is 6.62. The maximum atomic E-state index is 12.5. The molecule has 0 spiro atoms. The molecule has 2 aromatic carbocycles. The summed E-state index contributed by atoms with van der Waals surface area (Å²) in [7, 11) is 3.85. The van der Waals surface area contributed by atoms with E-state index in [1.54, 1.807) is 29.2 Å². The Morgan fingerprint density at radius 3 is 2.67 bits per heavy atom. The highest BCUT2D eigenvalue weighted by atomic mass is 16.6. The fourth-order valence-corrected chi connectivity index (χ4v) is 2.51. The Balaban J connectivity index is 1.77. The lowest BCUT2D eigenvalue weighted by molar-refractivity contribution is 0.102. The maximum Gasteiger partial charge on any atom is 0.414 e. The molecule has 124 valence electrons. The summed E-state index contributed by atoms with van der Waals surface area (Å²) in [6.45, 7) is 0.897. The summed E-state index contributed by atoms with van der Waals surface area (Å²) in [5.74, 6) is -0.195. The van der Waals surface area contributed by atoms with E-state index in [0.717, 1.165) is 5.69 Å². The lowest BCUT2D eigenvalue weighted by Crippen LogP contribution is -2.23. The van der Waals surface area contributed by atoms with Crippen LogP contribution in [-0.2, 0) is 4.74 Å². The molecule has 24 heavy (non-hydrogen) atoms. The quantitative estimate of drug-likeness (QED) is 0.939. The van der Waals surface area contributed by atoms with Crippen LogP contribution in [0.1, 0.15) is 10.4 Å². The molecule has 0 radical (unpaired) electrons. The van der Waals surface area contributed by atoms with Gasteiger partial charge in [0, 0.05) is 36.7 Å². The van der Waals surface area contributed by atoms with Gasteiger partial charge >= 0.3 is 6.09 Å². The molecule has 1 saturated heterocycles. The first-order valence-electron chi connectivity index (χ1n) is 7.68. The maximum absolute atomic E-state index is 12.5. The molecule has 0 aliphatic carbocycles. The van der Waals surface area contributed by atoms with Gasteiger partial charge in [-0.3, -0.25) is 9.69 Å². The summed E-state index contributed by atoms with van der Waals surface area (Å²) in [5.41, 5.74) is 2.87. The number of hydrogen-bond donors (Lipinski definition) is 1. The van der Waals surface area contributed by atoms with Crippen molar-refractivity contribution in [3.8, 4) is 0 Å². The molecule has 1 heterocycles. The smallest absolute Gasteiger partial charge is 0.414 e. The molecule has 0 atom stereocenters. The Kier molecular flexibility index (Phi) is 4.37. The second-order valence-corrected chi connectivity index (χ2v) is 5.72. The van der Waals surface area contributed by atoms with E-state index < -0.39 is 0 Å². The zero-order valence-corrected chi connectivity index (χ0v) is 13.7. The SMILES string of the molecule is CN(C)c1cccc(C(=O)Nc2cccc(N3CCOC3=O)c2)c1. The molecular formula is C18H19N3O3. The van der Waals surface area contributed by atoms with Crippen LogP contribution in [0.15, 0.2) is 48.5 Å². The summed E-state index contributed by atoms with van der Waals surface area (Å²) in [4.78, 5) is 27.6. The van der Waals surface area contributed by atoms with Crippen LogP contribution in [0.25, 0.3) is 0 Å². The third-order valence-electron chi connectivity index (χ3n) is 3.80. The summed E-state index contributed by atoms with van der Waals surface area (Å²) in [6.07, 6.45) is -0.364. The van der Waals surface area contributed by atoms with Gasteiger partial charge in [0.25, 0.3) is 5.91 Å². The van der Waals surface area contributed by atoms with Crippen LogP contribution < -0.4 is 15.1 Å². The third-order valence-corrected chi connectivity index (χ3v) is 3.80. The number of hydrogen-bond acceptors (Lipinski definition) is 4. The van der Waals surface area contributed by atoms with Crippen molar-refractivity contribution in [2.75, 3.05) is 42.4 Å². The van der Waals surface area contributed by atoms with Crippen molar-refractivity contribution in [3.05, 3.63) is 54.1 Å². The molecule has 6 heteroatoms. The van der Waals surface area contributed by atoms with E-state index in [1.165, 1.54) is 0 Å². The number of anilines is 3. The molecule has 1 fully saturated rings. The highest BCUT2D eigenvalue weighted by Crippen LogP contribution is 2.23. The van der Waals surface area contributed by atoms with Crippen LogP contribution in [-0.4, -0.2) is 39.2 Å². The molecule has 1 aliphatic heterocycles. The first kappa shape index (κ1) is 15.9. The lowest BCUT2D eigenvalue weighted by Gasteiger charge is -2.15. The molecule has 3 rings (SSSR count). The van der Waals surface area contributed by atoms with Gasteiger partial charge in [-0.25, -0.2) is 4.79 Å². The highest BCUT2D eigenvalue weighted by Gasteiger charge is 2.23. The Hall–Kier alpha value is -3.02. The van der Waals surface area contributed by atoms with Gasteiger partial charge in [0.2, 0.25) is 0 Å². The number of nitrogens with zero attached hydrogens (tertiary/aromatic N) is 2. The van der Waals surface area contributed by atoms with E-state index in [4.69, 9.17) is 4.74 Å². The number of carbonyl (C=O) groups is 2. The van der Waals surface area contributed by atoms with Gasteiger partial charge < -0.3 is 15.0 Å². The van der Waals surface area contributed by atoms with E-state index in [9.17, 15) is 9.59 Å². The van der Waals surface area contributed by atoms with Crippen molar-refractivity contribution in [2.45, 2.75) is 0 Å². The summed E-state index contributed by atoms with van der Waals surface area (Å²) < 4.78 is 4.94. The van der Waals surface area contributed by atoms with Gasteiger partial charge in [-0.05, 0) is 36.4 Å². The average molecular weight is 325 g/mol. The van der Waals surface area contributed by atoms with Crippen molar-refractivity contribution in [2.24, 2.45) is 0 Å². The normalized spacial score (nSPS) is 13.6. The fourth-order valence-electron chi connectivity index (χ4n) is 2.51. The zero-order valence-electron chi connectivity index (χ0n) is 13.7. The molecule has 0 aromatic heterocycles. The largest absolute Gasteiger partial charge is 0.447 e. The van der Waals surface area contributed by atoms with Crippen molar-refractivity contribution in [3.63, 3.8) is 0 Å². The van der Waals surface area contributed by atoms with E-state index in [2.05, 4.69) is 5.32 Å². The molecule has 1 aliphatic rings. The number of cyclic esters (lactones) is 1. The summed E-state index contributed by atoms with van der Waals surface area (Å²) in [6, 6.07) is 14.6. The van der Waals surface area contributed by atoms with Gasteiger partial charge in [-0.1, -0.05) is 12.1 Å². The number of carbonyl (C=O) groups excluding carboxylic acids is 2. The molecule has 2 aromatic rings. The van der Waals surface area contributed by atoms with E-state index in [0.29, 0.717) is 30.1 Å². The van der Waals surface area contributed by atoms with Gasteiger partial charge in [0.15, 0.2) is 0 Å². The van der Waals surface area contributed by atoms with E-state index in [1.807, 2.05) is 43.3 Å². The zero-order chi connectivity index (χ0) is 17.1. The first-order valence-corrected chi connectivity index (χ1v) is 7.68. The molecular weight excluding hydrogens is 306 g/mol. The van der Waals surface area contributed by atoms with Crippen molar-refractivity contribution in [1.82, 2.24) is 0 Å². The lowest BCUT2D eigenvalue weighted by atomic mass is 10.1. The molecule has 0 bridgehead atoms. The molecule has 2 amide bonds. The highest BCUT2D eigenvalue weighted by molar-refractivity contribution is 6.05. The number of ether oxygens (including phenoxy) is 1. The van der Waals surface area contributed by atoms with Crippen molar-refractivity contribution < 1.29 is 14.3 Å². The Morgan fingerprint density at radius 2 is 1.96 bits per heavy atom. The Bertz CT molecular complexity index is 774. The predicted molar refractivity (Wildman–Crippen MR) is 93.9 cm³/mol. The topological polar surface area (TPSA) is 61.9 Å². The van der Waals surface area contributed by atoms with Crippen LogP contribution >= 0.6 is 0 Å². The third kappa shape index (κ3) is 3.32. The van der Waals surface area contributed by atoms with Crippen LogP contribution in [0.5, 0.6) is 0 Å². The first-order chi connectivity index (χ1) is 11.5. The number of amides is 2. The number of benzene rings is 2. The van der Waals surface area contributed by atoms with Gasteiger partial charge in [0.1, 0.15) is 6.61 Å². The van der Waals surface area contributed by atoms with Gasteiger partial charge in [0.05, 0.1) is 6.54 Å². The van der Waals surface area contributed by atoms with Gasteiger partial charge in [-0.15, -0.1) is 0 Å². The van der Waals surface area contributed by atoms with Crippen LogP contribution in [0.2, 0.25) is 0 Å². The minimum absolute atomic E-state index is 0.195. The van der Waals surface area contributed by atoms with Crippen molar-refractivity contribution >= 4 is 29.1 Å². The Morgan fingerprint density at radius 1 is 1.17 bits per heavy atom. The summed E-state index contributed by atoms with van der Waals surface area (Å²) >= 11 is 0. The van der Waals surface area contributed by atoms with Crippen molar-refractivity contribution in [1.29, 1.82) is 0 Å². The van der Waals surface area contributed by atoms with Crippen LogP contribution in [0.4, 0.5) is 21.9 Å². The van der Waals surface area contributed by atoms with Gasteiger partial charge in [-0.2, -0.15) is 0 Å². The molecule has 6 nitrogen and oxygen atoms in total. The number of nitrogens with one attached hydrogen (secondary N) is 1. The second-order valence-electron chi connectivity index (χ2n) is 5.72. The molecule has 0 unspecified atom stereocenters. The number of rotatable bonds is 4. The fraction of sp³-hybridized carbons (Fsp3) is 0.222. The molecule has 1 N–H and O–H groups in total. The monoisotopic (exact) mass is 325 g/mol. The summed E-state index contributed by atoms with van der Waals surface area (Å²) in [5, 5.41) is 2.87. The minimum Gasteiger partial charge on any atom is -0.447 e. The van der Waals surface area contributed by atoms with E-state index in [-0.39, 0.29) is 12.0 Å². The standard InChI is InChI=1S/C18H19N3O3/c1-20(2)15-7-3-5-13(11-15)17(22)19-14-6-4-8-16(12-14)21-9-10-24-18(21)23/h3-8,11-12H,9-10H2,1-2H3,(H,19,22). The van der Waals surface area contributed by atoms with Crippen LogP contribution in [0.3, 0.4) is 0 Å². The minimum atomic E-state index is -0.364. The van der Waals surface area contributed by atoms with E-state index >= 15 is 0 Å². The Labute approximate surface area is 140 Å². The average Bonchev–Trinajstić information content (AvgIpc) is 3.01. The van der Waals surface area contributed by atoms with Crippen LogP contribution in [0, 0.1) is 0 Å². The predicted octanol–water partition coefficient (Wildman–Crippen LogP) is 2.96.